The molecule has 0 heterocycles. The zero-order valence-corrected chi connectivity index (χ0v) is 21.7. The Kier molecular flexibility index (Phi) is 12.5. The molecule has 2 N–H and O–H groups in total. The minimum atomic E-state index is -2.81. The van der Waals surface area contributed by atoms with E-state index in [0.29, 0.717) is 23.1 Å². The van der Waals surface area contributed by atoms with Gasteiger partial charge in [-0.3, -0.25) is 0 Å². The summed E-state index contributed by atoms with van der Waals surface area (Å²) < 4.78 is 42.2. The molecule has 0 spiro atoms. The van der Waals surface area contributed by atoms with Gasteiger partial charge in [0.1, 0.15) is 12.4 Å². The highest BCUT2D eigenvalue weighted by Gasteiger charge is 2.21. The maximum absolute atomic E-state index is 13.0. The van der Waals surface area contributed by atoms with Gasteiger partial charge in [0.25, 0.3) is 0 Å². The van der Waals surface area contributed by atoms with Crippen molar-refractivity contribution >= 4 is 29.3 Å². The van der Waals surface area contributed by atoms with Crippen molar-refractivity contribution in [3.8, 4) is 5.75 Å². The van der Waals surface area contributed by atoms with Gasteiger partial charge in [-0.2, -0.15) is 0 Å². The van der Waals surface area contributed by atoms with Gasteiger partial charge in [-0.05, 0) is 55.8 Å². The van der Waals surface area contributed by atoms with Gasteiger partial charge in [-0.1, -0.05) is 23.7 Å². The van der Waals surface area contributed by atoms with Crippen molar-refractivity contribution in [1.29, 1.82) is 0 Å². The third-order valence-corrected chi connectivity index (χ3v) is 5.44. The van der Waals surface area contributed by atoms with Gasteiger partial charge in [-0.25, -0.2) is 18.4 Å². The maximum atomic E-state index is 13.0. The van der Waals surface area contributed by atoms with Crippen LogP contribution >= 0.6 is 11.6 Å². The van der Waals surface area contributed by atoms with Crippen molar-refractivity contribution in [3.63, 3.8) is 0 Å². The fourth-order valence-electron chi connectivity index (χ4n) is 3.21. The molecule has 2 aromatic carbocycles. The van der Waals surface area contributed by atoms with Gasteiger partial charge >= 0.3 is 12.0 Å². The third kappa shape index (κ3) is 12.2. The summed E-state index contributed by atoms with van der Waals surface area (Å²) >= 11 is 5.89. The van der Waals surface area contributed by atoms with Crippen LogP contribution in [0.15, 0.2) is 48.5 Å². The number of carbonyl (C=O) groups excluding carboxylic acids is 1. The smallest absolute Gasteiger partial charge is 0.333 e. The Balaban J connectivity index is 1.90. The van der Waals surface area contributed by atoms with Crippen LogP contribution in [0.2, 0.25) is 5.02 Å². The van der Waals surface area contributed by atoms with Crippen LogP contribution in [0.25, 0.3) is 0 Å². The summed E-state index contributed by atoms with van der Waals surface area (Å²) in [4.78, 5) is 25.5. The lowest BCUT2D eigenvalue weighted by Crippen LogP contribution is -2.40. The van der Waals surface area contributed by atoms with Gasteiger partial charge in [0.2, 0.25) is 5.92 Å². The van der Waals surface area contributed by atoms with E-state index >= 15 is 0 Å². The molecule has 37 heavy (non-hydrogen) atoms. The summed E-state index contributed by atoms with van der Waals surface area (Å²) in [6, 6.07) is 13.2. The van der Waals surface area contributed by atoms with E-state index in [0.717, 1.165) is 12.5 Å². The van der Waals surface area contributed by atoms with E-state index in [1.807, 2.05) is 0 Å². The number of alkyl halides is 2. The number of hydrogen-bond donors (Lipinski definition) is 2. The number of nitrogens with zero attached hydrogens (tertiary/aromatic N) is 1. The zero-order valence-electron chi connectivity index (χ0n) is 20.9. The first-order chi connectivity index (χ1) is 17.6. The Morgan fingerprint density at radius 2 is 1.70 bits per heavy atom. The van der Waals surface area contributed by atoms with Gasteiger partial charge in [0, 0.05) is 36.7 Å². The number of anilines is 1. The van der Waals surface area contributed by atoms with E-state index in [9.17, 15) is 23.5 Å². The summed E-state index contributed by atoms with van der Waals surface area (Å²) in [5.74, 6) is -3.29. The first kappa shape index (κ1) is 30.3. The number of benzene rings is 2. The molecule has 0 fully saturated rings. The number of carboxylic acid groups (broad SMARTS) is 1. The molecule has 0 radical (unpaired) electrons. The number of ether oxygens (including phenoxy) is 3. The normalized spacial score (nSPS) is 12.1. The van der Waals surface area contributed by atoms with Crippen molar-refractivity contribution in [2.24, 2.45) is 0 Å². The molecule has 2 rings (SSSR count). The van der Waals surface area contributed by atoms with E-state index in [2.05, 4.69) is 5.32 Å². The van der Waals surface area contributed by atoms with E-state index < -0.39 is 30.4 Å². The van der Waals surface area contributed by atoms with Crippen LogP contribution in [-0.4, -0.2) is 73.6 Å². The highest BCUT2D eigenvalue weighted by Crippen LogP contribution is 2.17. The Labute approximate surface area is 220 Å². The number of rotatable bonds is 16. The molecule has 2 amide bonds. The number of urea groups is 1. The van der Waals surface area contributed by atoms with E-state index in [1.54, 1.807) is 55.5 Å². The highest BCUT2D eigenvalue weighted by molar-refractivity contribution is 6.30. The van der Waals surface area contributed by atoms with Crippen LogP contribution in [0.1, 0.15) is 25.8 Å². The van der Waals surface area contributed by atoms with Gasteiger partial charge in [0.05, 0.1) is 19.8 Å². The fraction of sp³-hybridized carbons (Fsp3) is 0.462. The lowest BCUT2D eigenvalue weighted by molar-refractivity contribution is -0.149. The maximum Gasteiger partial charge on any atom is 0.333 e. The Morgan fingerprint density at radius 3 is 2.30 bits per heavy atom. The lowest BCUT2D eigenvalue weighted by Gasteiger charge is -2.23. The molecule has 0 aromatic heterocycles. The predicted octanol–water partition coefficient (Wildman–Crippen LogP) is 5.35. The lowest BCUT2D eigenvalue weighted by atomic mass is 10.1. The SMILES string of the molecule is CCOC(Cc1ccc(OCCN(CCOCCC(C)(F)F)C(=O)Nc2ccc(Cl)cc2)cc1)C(=O)O. The molecule has 0 saturated carbocycles. The molecule has 0 saturated heterocycles. The Morgan fingerprint density at radius 1 is 1.05 bits per heavy atom. The van der Waals surface area contributed by atoms with E-state index in [-0.39, 0.29) is 39.3 Å². The summed E-state index contributed by atoms with van der Waals surface area (Å²) in [6.07, 6.45) is -1.09. The van der Waals surface area contributed by atoms with Crippen molar-refractivity contribution in [2.75, 3.05) is 44.8 Å². The summed E-state index contributed by atoms with van der Waals surface area (Å²) in [5, 5.41) is 12.5. The molecule has 1 atom stereocenters. The number of amides is 2. The van der Waals surface area contributed by atoms with E-state index in [1.165, 1.54) is 4.90 Å². The average molecular weight is 543 g/mol. The summed E-state index contributed by atoms with van der Waals surface area (Å²) in [6.45, 7) is 3.38. The van der Waals surface area contributed by atoms with Crippen molar-refractivity contribution in [2.45, 2.75) is 38.7 Å². The molecule has 0 aliphatic rings. The molecule has 1 unspecified atom stereocenters. The average Bonchev–Trinajstić information content (AvgIpc) is 2.84. The molecular weight excluding hydrogens is 510 g/mol. The minimum absolute atomic E-state index is 0.0867. The first-order valence-electron chi connectivity index (χ1n) is 11.9. The molecule has 11 heteroatoms. The van der Waals surface area contributed by atoms with Gasteiger partial charge in [-0.15, -0.1) is 0 Å². The van der Waals surface area contributed by atoms with Crippen LogP contribution in [0.4, 0.5) is 19.3 Å². The molecule has 0 bridgehead atoms. The highest BCUT2D eigenvalue weighted by atomic mass is 35.5. The van der Waals surface area contributed by atoms with Crippen LogP contribution < -0.4 is 10.1 Å². The summed E-state index contributed by atoms with van der Waals surface area (Å²) in [5.41, 5.74) is 1.33. The topological polar surface area (TPSA) is 97.3 Å². The van der Waals surface area contributed by atoms with Crippen molar-refractivity contribution < 1.29 is 37.7 Å². The number of nitrogens with one attached hydrogen (secondary N) is 1. The largest absolute Gasteiger partial charge is 0.492 e. The second-order valence-electron chi connectivity index (χ2n) is 8.34. The molecule has 204 valence electrons. The number of hydrogen-bond acceptors (Lipinski definition) is 5. The number of halogens is 3. The second kappa shape index (κ2) is 15.3. The van der Waals surface area contributed by atoms with Crippen LogP contribution in [-0.2, 0) is 20.7 Å². The van der Waals surface area contributed by atoms with Crippen LogP contribution in [0.5, 0.6) is 5.75 Å². The number of aliphatic carboxylic acids is 1. The molecule has 2 aromatic rings. The van der Waals surface area contributed by atoms with Crippen LogP contribution in [0, 0.1) is 0 Å². The van der Waals surface area contributed by atoms with Crippen molar-refractivity contribution in [1.82, 2.24) is 4.90 Å². The van der Waals surface area contributed by atoms with Gasteiger partial charge in [0.15, 0.2) is 6.10 Å². The van der Waals surface area contributed by atoms with Crippen molar-refractivity contribution in [3.05, 3.63) is 59.1 Å². The second-order valence-corrected chi connectivity index (χ2v) is 8.77. The number of carbonyl (C=O) groups is 2. The van der Waals surface area contributed by atoms with Gasteiger partial charge < -0.3 is 29.5 Å². The third-order valence-electron chi connectivity index (χ3n) is 5.19. The number of carboxylic acids is 1. The molecule has 8 nitrogen and oxygen atoms in total. The fourth-order valence-corrected chi connectivity index (χ4v) is 3.33. The van der Waals surface area contributed by atoms with Crippen LogP contribution in [0.3, 0.4) is 0 Å². The zero-order chi connectivity index (χ0) is 27.3. The monoisotopic (exact) mass is 542 g/mol. The Bertz CT molecular complexity index is 971. The first-order valence-corrected chi connectivity index (χ1v) is 12.3. The molecule has 0 aliphatic carbocycles. The molecule has 0 aliphatic heterocycles. The van der Waals surface area contributed by atoms with E-state index in [4.69, 9.17) is 25.8 Å². The summed E-state index contributed by atoms with van der Waals surface area (Å²) in [7, 11) is 0. The molecular formula is C26H33ClF2N2O6. The Hall–Kier alpha value is -2.95. The minimum Gasteiger partial charge on any atom is -0.492 e. The predicted molar refractivity (Wildman–Crippen MR) is 137 cm³/mol. The standard InChI is InChI=1S/C26H33ClF2N2O6/c1-3-36-23(24(32)33)18-19-4-10-22(11-5-19)37-17-14-31(13-16-35-15-12-26(2,28)29)25(34)30-21-8-6-20(27)7-9-21/h4-11,23H,3,12-18H2,1-2H3,(H,30,34)(H,32,33). The quantitative estimate of drug-likeness (QED) is 0.278.